The van der Waals surface area contributed by atoms with Gasteiger partial charge in [0.25, 0.3) is 0 Å². The normalized spacial score (nSPS) is 14.5. The largest absolute Gasteiger partial charge is 0.387 e. The molecule has 0 radical (unpaired) electrons. The van der Waals surface area contributed by atoms with Gasteiger partial charge in [-0.1, -0.05) is 37.3 Å². The molecular weight excluding hydrogens is 230 g/mol. The van der Waals surface area contributed by atoms with Gasteiger partial charge in [0.15, 0.2) is 0 Å². The van der Waals surface area contributed by atoms with Crippen LogP contribution in [0.3, 0.4) is 0 Å². The first-order valence-electron chi connectivity index (χ1n) is 6.28. The molecule has 0 aliphatic rings. The molecule has 17 heavy (non-hydrogen) atoms. The van der Waals surface area contributed by atoms with E-state index in [4.69, 9.17) is 0 Å². The van der Waals surface area contributed by atoms with Crippen molar-refractivity contribution in [3.05, 3.63) is 35.9 Å². The van der Waals surface area contributed by atoms with E-state index in [-0.39, 0.29) is 0 Å². The Labute approximate surface area is 109 Å². The lowest BCUT2D eigenvalue weighted by Gasteiger charge is -2.17. The van der Waals surface area contributed by atoms with Crippen molar-refractivity contribution in [2.45, 2.75) is 32.4 Å². The molecule has 2 unspecified atom stereocenters. The van der Waals surface area contributed by atoms with Crippen molar-refractivity contribution in [3.8, 4) is 0 Å². The maximum Gasteiger partial charge on any atom is 0.0914 e. The van der Waals surface area contributed by atoms with E-state index in [9.17, 15) is 5.11 Å². The molecule has 0 saturated heterocycles. The van der Waals surface area contributed by atoms with Gasteiger partial charge in [0.05, 0.1) is 6.10 Å². The molecule has 0 amide bonds. The number of hydrogen-bond donors (Lipinski definition) is 2. The smallest absolute Gasteiger partial charge is 0.0914 e. The van der Waals surface area contributed by atoms with Crippen LogP contribution in [0.25, 0.3) is 0 Å². The second-order valence-electron chi connectivity index (χ2n) is 4.22. The van der Waals surface area contributed by atoms with E-state index in [2.05, 4.69) is 19.2 Å². The highest BCUT2D eigenvalue weighted by Gasteiger charge is 2.08. The minimum Gasteiger partial charge on any atom is -0.387 e. The van der Waals surface area contributed by atoms with Gasteiger partial charge in [0.1, 0.15) is 0 Å². The molecule has 0 saturated carbocycles. The van der Waals surface area contributed by atoms with Crippen molar-refractivity contribution in [1.82, 2.24) is 5.32 Å². The van der Waals surface area contributed by atoms with Crippen LogP contribution in [0.1, 0.15) is 31.9 Å². The average Bonchev–Trinajstić information content (AvgIpc) is 2.37. The highest BCUT2D eigenvalue weighted by atomic mass is 32.2. The quantitative estimate of drug-likeness (QED) is 0.699. The van der Waals surface area contributed by atoms with Gasteiger partial charge in [-0.05, 0) is 30.4 Å². The van der Waals surface area contributed by atoms with Crippen LogP contribution < -0.4 is 5.32 Å². The Morgan fingerprint density at radius 2 is 2.00 bits per heavy atom. The number of hydrogen-bond acceptors (Lipinski definition) is 3. The zero-order valence-electron chi connectivity index (χ0n) is 10.7. The molecule has 0 aromatic heterocycles. The summed E-state index contributed by atoms with van der Waals surface area (Å²) < 4.78 is 0. The summed E-state index contributed by atoms with van der Waals surface area (Å²) in [5.74, 6) is 2.37. The van der Waals surface area contributed by atoms with Crippen LogP contribution in [0, 0.1) is 0 Å². The Balaban J connectivity index is 2.21. The number of thioether (sulfide) groups is 1. The van der Waals surface area contributed by atoms with Gasteiger partial charge in [0.2, 0.25) is 0 Å². The number of aliphatic hydroxyl groups is 1. The summed E-state index contributed by atoms with van der Waals surface area (Å²) in [5, 5.41) is 13.3. The van der Waals surface area contributed by atoms with Crippen LogP contribution in [-0.2, 0) is 0 Å². The van der Waals surface area contributed by atoms with Crippen LogP contribution in [0.15, 0.2) is 30.3 Å². The molecule has 1 aromatic carbocycles. The van der Waals surface area contributed by atoms with Crippen LogP contribution in [-0.4, -0.2) is 29.2 Å². The summed E-state index contributed by atoms with van der Waals surface area (Å²) in [6.45, 7) is 4.98. The van der Waals surface area contributed by atoms with Crippen molar-refractivity contribution in [3.63, 3.8) is 0 Å². The second-order valence-corrected chi connectivity index (χ2v) is 5.62. The predicted molar refractivity (Wildman–Crippen MR) is 76.5 cm³/mol. The summed E-state index contributed by atoms with van der Waals surface area (Å²) in [7, 11) is 0. The lowest BCUT2D eigenvalue weighted by molar-refractivity contribution is 0.170. The third-order valence-corrected chi connectivity index (χ3v) is 3.68. The first-order valence-corrected chi connectivity index (χ1v) is 7.43. The molecule has 1 rings (SSSR count). The molecule has 0 aliphatic heterocycles. The molecular formula is C14H23NOS. The molecule has 0 aliphatic carbocycles. The zero-order valence-corrected chi connectivity index (χ0v) is 11.5. The molecule has 0 spiro atoms. The van der Waals surface area contributed by atoms with E-state index in [0.29, 0.717) is 12.6 Å². The molecule has 0 bridgehead atoms. The van der Waals surface area contributed by atoms with Crippen molar-refractivity contribution in [2.24, 2.45) is 0 Å². The summed E-state index contributed by atoms with van der Waals surface area (Å²) in [6.07, 6.45) is 0.748. The van der Waals surface area contributed by atoms with Gasteiger partial charge >= 0.3 is 0 Å². The summed E-state index contributed by atoms with van der Waals surface area (Å²) in [5.41, 5.74) is 0.982. The summed E-state index contributed by atoms with van der Waals surface area (Å²) in [6, 6.07) is 10.3. The number of rotatable bonds is 8. The monoisotopic (exact) mass is 253 g/mol. The fourth-order valence-corrected chi connectivity index (χ4v) is 2.42. The molecule has 2 N–H and O–H groups in total. The van der Waals surface area contributed by atoms with Gasteiger partial charge in [-0.15, -0.1) is 0 Å². The van der Waals surface area contributed by atoms with Gasteiger partial charge in [-0.2, -0.15) is 11.8 Å². The average molecular weight is 253 g/mol. The van der Waals surface area contributed by atoms with Gasteiger partial charge in [-0.25, -0.2) is 0 Å². The molecule has 0 fully saturated rings. The first kappa shape index (κ1) is 14.6. The van der Waals surface area contributed by atoms with Crippen LogP contribution in [0.5, 0.6) is 0 Å². The Morgan fingerprint density at radius 1 is 1.29 bits per heavy atom. The highest BCUT2D eigenvalue weighted by Crippen LogP contribution is 2.11. The molecule has 1 aromatic rings. The van der Waals surface area contributed by atoms with Crippen LogP contribution in [0.2, 0.25) is 0 Å². The number of nitrogens with one attached hydrogen (secondary N) is 1. The molecule has 3 heteroatoms. The highest BCUT2D eigenvalue weighted by molar-refractivity contribution is 7.99. The Morgan fingerprint density at radius 3 is 2.65 bits per heavy atom. The van der Waals surface area contributed by atoms with Gasteiger partial charge < -0.3 is 10.4 Å². The Kier molecular flexibility index (Phi) is 7.33. The fourth-order valence-electron chi connectivity index (χ4n) is 1.61. The maximum atomic E-state index is 9.97. The van der Waals surface area contributed by atoms with Gasteiger partial charge in [-0.3, -0.25) is 0 Å². The number of aliphatic hydroxyl groups excluding tert-OH is 1. The third-order valence-electron chi connectivity index (χ3n) is 2.74. The minimum atomic E-state index is -0.405. The van der Waals surface area contributed by atoms with E-state index in [1.807, 2.05) is 42.1 Å². The topological polar surface area (TPSA) is 32.3 Å². The molecule has 0 heterocycles. The molecule has 2 atom stereocenters. The van der Waals surface area contributed by atoms with Crippen molar-refractivity contribution in [2.75, 3.05) is 18.1 Å². The van der Waals surface area contributed by atoms with E-state index in [1.165, 1.54) is 11.5 Å². The zero-order chi connectivity index (χ0) is 12.5. The summed E-state index contributed by atoms with van der Waals surface area (Å²) >= 11 is 1.96. The van der Waals surface area contributed by atoms with Crippen LogP contribution in [0.4, 0.5) is 0 Å². The summed E-state index contributed by atoms with van der Waals surface area (Å²) in [4.78, 5) is 0. The van der Waals surface area contributed by atoms with Crippen LogP contribution >= 0.6 is 11.8 Å². The van der Waals surface area contributed by atoms with E-state index < -0.39 is 6.10 Å². The lowest BCUT2D eigenvalue weighted by Crippen LogP contribution is -2.30. The fraction of sp³-hybridized carbons (Fsp3) is 0.571. The number of benzene rings is 1. The molecule has 96 valence electrons. The third kappa shape index (κ3) is 6.10. The molecule has 2 nitrogen and oxygen atoms in total. The SMILES string of the molecule is CCSCCC(C)NCC(O)c1ccccc1. The standard InChI is InChI=1S/C14H23NOS/c1-3-17-10-9-12(2)15-11-14(16)13-7-5-4-6-8-13/h4-8,12,14-16H,3,9-11H2,1-2H3. The van der Waals surface area contributed by atoms with Crippen molar-refractivity contribution < 1.29 is 5.11 Å². The van der Waals surface area contributed by atoms with E-state index in [1.54, 1.807) is 0 Å². The maximum absolute atomic E-state index is 9.97. The first-order chi connectivity index (χ1) is 8.24. The second kappa shape index (κ2) is 8.56. The van der Waals surface area contributed by atoms with Gasteiger partial charge in [0, 0.05) is 12.6 Å². The van der Waals surface area contributed by atoms with Crippen molar-refractivity contribution in [1.29, 1.82) is 0 Å². The Bertz CT molecular complexity index is 292. The Hall–Kier alpha value is -0.510. The van der Waals surface area contributed by atoms with E-state index >= 15 is 0 Å². The van der Waals surface area contributed by atoms with E-state index in [0.717, 1.165) is 12.0 Å². The minimum absolute atomic E-state index is 0.405. The predicted octanol–water partition coefficient (Wildman–Crippen LogP) is 2.84. The lowest BCUT2D eigenvalue weighted by atomic mass is 10.1. The van der Waals surface area contributed by atoms with Crippen molar-refractivity contribution >= 4 is 11.8 Å².